The van der Waals surface area contributed by atoms with Crippen LogP contribution in [0.2, 0.25) is 0 Å². The van der Waals surface area contributed by atoms with Gasteiger partial charge in [-0.15, -0.1) is 0 Å². The highest BCUT2D eigenvalue weighted by atomic mass is 32.2. The minimum absolute atomic E-state index is 0.00153. The molecule has 1 amide bonds. The fourth-order valence-corrected chi connectivity index (χ4v) is 3.50. The fourth-order valence-electron chi connectivity index (χ4n) is 2.56. The molecule has 1 fully saturated rings. The van der Waals surface area contributed by atoms with Crippen molar-refractivity contribution in [3.05, 3.63) is 34.6 Å². The van der Waals surface area contributed by atoms with Gasteiger partial charge in [0.2, 0.25) is 5.91 Å². The molecule has 3 rings (SSSR count). The van der Waals surface area contributed by atoms with Gasteiger partial charge in [0.15, 0.2) is 5.16 Å². The third-order valence-electron chi connectivity index (χ3n) is 4.13. The Morgan fingerprint density at radius 2 is 2.20 bits per heavy atom. The molecule has 0 radical (unpaired) electrons. The summed E-state index contributed by atoms with van der Waals surface area (Å²) in [6, 6.07) is 7.64. The van der Waals surface area contributed by atoms with Crippen molar-refractivity contribution in [2.75, 3.05) is 13.7 Å². The predicted octanol–water partition coefficient (Wildman–Crippen LogP) is 2.19. The Bertz CT molecular complexity index is 817. The number of hydrogen-bond acceptors (Lipinski definition) is 5. The van der Waals surface area contributed by atoms with E-state index in [1.165, 1.54) is 11.8 Å². The molecule has 7 heteroatoms. The summed E-state index contributed by atoms with van der Waals surface area (Å²) in [5.41, 5.74) is 0.590. The Balaban J connectivity index is 1.88. The van der Waals surface area contributed by atoms with Crippen LogP contribution in [-0.2, 0) is 16.1 Å². The summed E-state index contributed by atoms with van der Waals surface area (Å²) in [4.78, 5) is 29.7. The van der Waals surface area contributed by atoms with Crippen molar-refractivity contribution in [2.45, 2.75) is 49.2 Å². The van der Waals surface area contributed by atoms with E-state index in [0.29, 0.717) is 41.7 Å². The summed E-state index contributed by atoms with van der Waals surface area (Å²) in [5.74, 6) is -0.00153. The maximum atomic E-state index is 12.9. The van der Waals surface area contributed by atoms with E-state index in [1.54, 1.807) is 17.7 Å². The molecule has 1 aromatic heterocycles. The lowest BCUT2D eigenvalue weighted by atomic mass is 10.2. The molecule has 0 aliphatic heterocycles. The van der Waals surface area contributed by atoms with Gasteiger partial charge in [0, 0.05) is 26.3 Å². The van der Waals surface area contributed by atoms with E-state index in [1.807, 2.05) is 25.1 Å². The largest absolute Gasteiger partial charge is 0.385 e. The standard InChI is InChI=1S/C18H23N3O3S/c1-12(16(22)19-13-8-9-13)25-18-20-15-7-4-3-6-14(15)17(23)21(18)10-5-11-24-2/h3-4,6-7,12-13H,5,8-11H2,1-2H3,(H,19,22)/t12-/m1/s1. The third kappa shape index (κ3) is 4.41. The van der Waals surface area contributed by atoms with Crippen molar-refractivity contribution >= 4 is 28.6 Å². The molecule has 1 saturated carbocycles. The van der Waals surface area contributed by atoms with Crippen LogP contribution in [0.5, 0.6) is 0 Å². The number of aromatic nitrogens is 2. The van der Waals surface area contributed by atoms with Gasteiger partial charge in [-0.25, -0.2) is 4.98 Å². The molecule has 134 valence electrons. The molecule has 0 spiro atoms. The molecule has 1 aromatic carbocycles. The van der Waals surface area contributed by atoms with Gasteiger partial charge in [0.1, 0.15) is 0 Å². The monoisotopic (exact) mass is 361 g/mol. The predicted molar refractivity (Wildman–Crippen MR) is 99.0 cm³/mol. The van der Waals surface area contributed by atoms with Gasteiger partial charge >= 0.3 is 0 Å². The third-order valence-corrected chi connectivity index (χ3v) is 5.22. The van der Waals surface area contributed by atoms with E-state index in [0.717, 1.165) is 12.8 Å². The van der Waals surface area contributed by atoms with Gasteiger partial charge in [0.05, 0.1) is 16.2 Å². The molecular weight excluding hydrogens is 338 g/mol. The second-order valence-corrected chi connectivity index (χ2v) is 7.57. The molecule has 1 heterocycles. The normalized spacial score (nSPS) is 15.3. The number of fused-ring (bicyclic) bond motifs is 1. The number of methoxy groups -OCH3 is 1. The summed E-state index contributed by atoms with van der Waals surface area (Å²) < 4.78 is 6.75. The molecule has 0 unspecified atom stereocenters. The van der Waals surface area contributed by atoms with Crippen LogP contribution in [0.3, 0.4) is 0 Å². The number of benzene rings is 1. The van der Waals surface area contributed by atoms with E-state index in [2.05, 4.69) is 10.3 Å². The maximum Gasteiger partial charge on any atom is 0.262 e. The zero-order valence-corrected chi connectivity index (χ0v) is 15.3. The van der Waals surface area contributed by atoms with Crippen LogP contribution in [0.4, 0.5) is 0 Å². The number of amides is 1. The lowest BCUT2D eigenvalue weighted by molar-refractivity contribution is -0.120. The van der Waals surface area contributed by atoms with Crippen molar-refractivity contribution in [1.82, 2.24) is 14.9 Å². The Labute approximate surface area is 151 Å². The summed E-state index contributed by atoms with van der Waals surface area (Å²) in [6.45, 7) is 2.94. The fraction of sp³-hybridized carbons (Fsp3) is 0.500. The first-order valence-electron chi connectivity index (χ1n) is 8.55. The Morgan fingerprint density at radius 3 is 2.92 bits per heavy atom. The number of para-hydroxylation sites is 1. The minimum atomic E-state index is -0.303. The Morgan fingerprint density at radius 1 is 1.44 bits per heavy atom. The van der Waals surface area contributed by atoms with Gasteiger partial charge in [-0.1, -0.05) is 23.9 Å². The lowest BCUT2D eigenvalue weighted by Gasteiger charge is -2.16. The second-order valence-electron chi connectivity index (χ2n) is 6.26. The van der Waals surface area contributed by atoms with E-state index in [9.17, 15) is 9.59 Å². The lowest BCUT2D eigenvalue weighted by Crippen LogP contribution is -2.33. The number of hydrogen-bond donors (Lipinski definition) is 1. The average molecular weight is 361 g/mol. The highest BCUT2D eigenvalue weighted by molar-refractivity contribution is 8.00. The summed E-state index contributed by atoms with van der Waals surface area (Å²) >= 11 is 1.33. The van der Waals surface area contributed by atoms with Gasteiger partial charge in [0.25, 0.3) is 5.56 Å². The van der Waals surface area contributed by atoms with E-state index < -0.39 is 0 Å². The maximum absolute atomic E-state index is 12.9. The van der Waals surface area contributed by atoms with Crippen molar-refractivity contribution in [1.29, 1.82) is 0 Å². The van der Waals surface area contributed by atoms with Gasteiger partial charge in [-0.2, -0.15) is 0 Å². The van der Waals surface area contributed by atoms with Crippen molar-refractivity contribution < 1.29 is 9.53 Å². The quantitative estimate of drug-likeness (QED) is 0.443. The number of nitrogens with zero attached hydrogens (tertiary/aromatic N) is 2. The second kappa shape index (κ2) is 8.01. The molecule has 25 heavy (non-hydrogen) atoms. The number of carbonyl (C=O) groups excluding carboxylic acids is 1. The molecule has 1 N–H and O–H groups in total. The van der Waals surface area contributed by atoms with Crippen molar-refractivity contribution in [3.8, 4) is 0 Å². The van der Waals surface area contributed by atoms with Crippen LogP contribution in [0, 0.1) is 0 Å². The Hall–Kier alpha value is -1.86. The van der Waals surface area contributed by atoms with Crippen LogP contribution < -0.4 is 10.9 Å². The molecule has 2 aromatic rings. The number of carbonyl (C=O) groups is 1. The number of ether oxygens (including phenoxy) is 1. The molecule has 1 atom stereocenters. The zero-order chi connectivity index (χ0) is 17.8. The SMILES string of the molecule is COCCCn1c(S[C@H](C)C(=O)NC2CC2)nc2ccccc2c1=O. The van der Waals surface area contributed by atoms with Gasteiger partial charge in [-0.3, -0.25) is 14.2 Å². The topological polar surface area (TPSA) is 73.2 Å². The first kappa shape index (κ1) is 17.9. The summed E-state index contributed by atoms with van der Waals surface area (Å²) in [6.07, 6.45) is 2.82. The van der Waals surface area contributed by atoms with Crippen LogP contribution in [0.25, 0.3) is 10.9 Å². The number of nitrogens with one attached hydrogen (secondary N) is 1. The summed E-state index contributed by atoms with van der Waals surface area (Å²) in [5, 5.41) is 3.88. The molecule has 6 nitrogen and oxygen atoms in total. The molecule has 0 bridgehead atoms. The Kier molecular flexibility index (Phi) is 5.75. The van der Waals surface area contributed by atoms with Crippen LogP contribution >= 0.6 is 11.8 Å². The highest BCUT2D eigenvalue weighted by Crippen LogP contribution is 2.25. The first-order chi connectivity index (χ1) is 12.1. The minimum Gasteiger partial charge on any atom is -0.385 e. The highest BCUT2D eigenvalue weighted by Gasteiger charge is 2.27. The van der Waals surface area contributed by atoms with Crippen LogP contribution in [0.1, 0.15) is 26.2 Å². The van der Waals surface area contributed by atoms with E-state index >= 15 is 0 Å². The zero-order valence-electron chi connectivity index (χ0n) is 14.5. The average Bonchev–Trinajstić information content (AvgIpc) is 3.41. The molecule has 0 saturated heterocycles. The van der Waals surface area contributed by atoms with Crippen molar-refractivity contribution in [3.63, 3.8) is 0 Å². The number of thioether (sulfide) groups is 1. The van der Waals surface area contributed by atoms with Crippen LogP contribution in [0.15, 0.2) is 34.2 Å². The van der Waals surface area contributed by atoms with Gasteiger partial charge in [-0.05, 0) is 38.3 Å². The molecule has 1 aliphatic rings. The number of rotatable bonds is 8. The van der Waals surface area contributed by atoms with E-state index in [4.69, 9.17) is 4.74 Å². The molecular formula is C18H23N3O3S. The molecule has 1 aliphatic carbocycles. The van der Waals surface area contributed by atoms with Gasteiger partial charge < -0.3 is 10.1 Å². The first-order valence-corrected chi connectivity index (χ1v) is 9.43. The summed E-state index contributed by atoms with van der Waals surface area (Å²) in [7, 11) is 1.64. The van der Waals surface area contributed by atoms with E-state index in [-0.39, 0.29) is 16.7 Å². The smallest absolute Gasteiger partial charge is 0.262 e. The van der Waals surface area contributed by atoms with Crippen LogP contribution in [-0.4, -0.2) is 40.5 Å². The van der Waals surface area contributed by atoms with Crippen molar-refractivity contribution in [2.24, 2.45) is 0 Å².